The minimum atomic E-state index is -0.752. The number of carbonyl (C=O) groups is 1. The molecule has 1 aromatic heterocycles. The number of fused-ring (bicyclic) bond motifs is 1. The molecule has 1 saturated heterocycles. The molecule has 104 valence electrons. The molecule has 0 aromatic carbocycles. The highest BCUT2D eigenvalue weighted by molar-refractivity contribution is 7.15. The summed E-state index contributed by atoms with van der Waals surface area (Å²) < 4.78 is 5.62. The number of anilines is 1. The van der Waals surface area contributed by atoms with Gasteiger partial charge in [0.1, 0.15) is 5.92 Å². The zero-order valence-corrected chi connectivity index (χ0v) is 11.8. The molecular formula is C13H18N2O3S. The first-order valence-electron chi connectivity index (χ1n) is 6.70. The summed E-state index contributed by atoms with van der Waals surface area (Å²) >= 11 is 1.63. The van der Waals surface area contributed by atoms with E-state index in [2.05, 4.69) is 9.88 Å². The van der Waals surface area contributed by atoms with Crippen LogP contribution in [0.2, 0.25) is 0 Å². The lowest BCUT2D eigenvalue weighted by molar-refractivity contribution is -0.138. The predicted molar refractivity (Wildman–Crippen MR) is 73.1 cm³/mol. The van der Waals surface area contributed by atoms with Crippen LogP contribution in [0.1, 0.15) is 35.8 Å². The first kappa shape index (κ1) is 12.9. The summed E-state index contributed by atoms with van der Waals surface area (Å²) in [5.74, 6) is -1.16. The second-order valence-corrected chi connectivity index (χ2v) is 6.31. The number of aromatic nitrogens is 1. The highest BCUT2D eigenvalue weighted by Gasteiger charge is 2.33. The number of likely N-dealkylation sites (N-methyl/N-ethyl adjacent to an activating group) is 1. The normalized spacial score (nSPS) is 25.5. The van der Waals surface area contributed by atoms with E-state index in [9.17, 15) is 4.79 Å². The maximum atomic E-state index is 11.2. The Bertz CT molecular complexity index is 482. The molecule has 2 aliphatic rings. The Morgan fingerprint density at radius 2 is 2.42 bits per heavy atom. The lowest BCUT2D eigenvalue weighted by Crippen LogP contribution is -2.28. The van der Waals surface area contributed by atoms with Gasteiger partial charge in [0.05, 0.1) is 11.8 Å². The van der Waals surface area contributed by atoms with Crippen LogP contribution in [0, 0.1) is 0 Å². The van der Waals surface area contributed by atoms with Gasteiger partial charge < -0.3 is 14.7 Å². The van der Waals surface area contributed by atoms with Gasteiger partial charge in [-0.15, -0.1) is 11.3 Å². The minimum absolute atomic E-state index is 0.291. The number of aryl methyl sites for hydroxylation is 1. The van der Waals surface area contributed by atoms with E-state index >= 15 is 0 Å². The van der Waals surface area contributed by atoms with Crippen molar-refractivity contribution in [2.75, 3.05) is 25.1 Å². The third-order valence-corrected chi connectivity index (χ3v) is 5.08. The fourth-order valence-corrected chi connectivity index (χ4v) is 3.90. The van der Waals surface area contributed by atoms with Gasteiger partial charge in [0.15, 0.2) is 5.13 Å². The zero-order chi connectivity index (χ0) is 13.4. The van der Waals surface area contributed by atoms with E-state index in [0.717, 1.165) is 48.1 Å². The van der Waals surface area contributed by atoms with Crippen LogP contribution >= 0.6 is 11.3 Å². The molecule has 5 nitrogen and oxygen atoms in total. The minimum Gasteiger partial charge on any atom is -0.481 e. The van der Waals surface area contributed by atoms with Gasteiger partial charge in [0.25, 0.3) is 0 Å². The van der Waals surface area contributed by atoms with E-state index in [4.69, 9.17) is 9.84 Å². The van der Waals surface area contributed by atoms with Crippen LogP contribution < -0.4 is 4.90 Å². The summed E-state index contributed by atoms with van der Waals surface area (Å²) in [6.45, 7) is 1.69. The van der Waals surface area contributed by atoms with E-state index in [-0.39, 0.29) is 0 Å². The molecule has 3 rings (SSSR count). The van der Waals surface area contributed by atoms with Crippen molar-refractivity contribution in [3.63, 3.8) is 0 Å². The highest BCUT2D eigenvalue weighted by atomic mass is 32.1. The van der Waals surface area contributed by atoms with Crippen molar-refractivity contribution in [1.29, 1.82) is 0 Å². The number of thiazole rings is 1. The van der Waals surface area contributed by atoms with Crippen LogP contribution in [-0.2, 0) is 16.0 Å². The molecule has 1 aliphatic carbocycles. The molecular weight excluding hydrogens is 264 g/mol. The number of aliphatic carboxylic acids is 1. The van der Waals surface area contributed by atoms with Crippen LogP contribution in [0.15, 0.2) is 0 Å². The summed E-state index contributed by atoms with van der Waals surface area (Å²) in [6, 6.07) is 0. The van der Waals surface area contributed by atoms with Gasteiger partial charge in [-0.2, -0.15) is 0 Å². The number of nitrogens with zero attached hydrogens (tertiary/aromatic N) is 2. The van der Waals surface area contributed by atoms with Crippen molar-refractivity contribution in [3.8, 4) is 0 Å². The number of carboxylic acid groups (broad SMARTS) is 1. The molecule has 0 saturated carbocycles. The average Bonchev–Trinajstić information content (AvgIpc) is 3.02. The standard InChI is InChI=1S/C13H18N2O3S/c1-15(7-8-3-2-6-18-8)13-14-11-9(12(16)17)4-5-10(11)19-13/h8-9H,2-7H2,1H3,(H,16,17). The van der Waals surface area contributed by atoms with Crippen LogP contribution in [0.5, 0.6) is 0 Å². The van der Waals surface area contributed by atoms with Gasteiger partial charge >= 0.3 is 5.97 Å². The second kappa shape index (κ2) is 5.09. The fourth-order valence-electron chi connectivity index (χ4n) is 2.79. The quantitative estimate of drug-likeness (QED) is 0.913. The zero-order valence-electron chi connectivity index (χ0n) is 11.0. The topological polar surface area (TPSA) is 62.7 Å². The largest absolute Gasteiger partial charge is 0.481 e. The molecule has 0 bridgehead atoms. The Kier molecular flexibility index (Phi) is 3.45. The van der Waals surface area contributed by atoms with Crippen LogP contribution in [-0.4, -0.2) is 42.4 Å². The number of rotatable bonds is 4. The first-order chi connectivity index (χ1) is 9.15. The molecule has 19 heavy (non-hydrogen) atoms. The van der Waals surface area contributed by atoms with E-state index in [1.807, 2.05) is 7.05 Å². The predicted octanol–water partition coefficient (Wildman–Crippen LogP) is 1.87. The molecule has 0 spiro atoms. The van der Waals surface area contributed by atoms with E-state index < -0.39 is 11.9 Å². The molecule has 1 N–H and O–H groups in total. The Labute approximate surface area is 116 Å². The molecule has 1 aliphatic heterocycles. The number of hydrogen-bond donors (Lipinski definition) is 1. The lowest BCUT2D eigenvalue weighted by Gasteiger charge is -2.19. The summed E-state index contributed by atoms with van der Waals surface area (Å²) in [5, 5.41) is 10.1. The van der Waals surface area contributed by atoms with Crippen molar-refractivity contribution in [3.05, 3.63) is 10.6 Å². The van der Waals surface area contributed by atoms with Crippen LogP contribution in [0.4, 0.5) is 5.13 Å². The number of ether oxygens (including phenoxy) is 1. The van der Waals surface area contributed by atoms with Crippen molar-refractivity contribution in [1.82, 2.24) is 4.98 Å². The van der Waals surface area contributed by atoms with Gasteiger partial charge in [-0.1, -0.05) is 0 Å². The van der Waals surface area contributed by atoms with Gasteiger partial charge in [0, 0.05) is 25.1 Å². The molecule has 6 heteroatoms. The van der Waals surface area contributed by atoms with Crippen molar-refractivity contribution in [2.45, 2.75) is 37.7 Å². The smallest absolute Gasteiger partial charge is 0.312 e. The third kappa shape index (κ3) is 2.47. The van der Waals surface area contributed by atoms with Crippen molar-refractivity contribution in [2.24, 2.45) is 0 Å². The fraction of sp³-hybridized carbons (Fsp3) is 0.692. The molecule has 2 heterocycles. The molecule has 0 amide bonds. The monoisotopic (exact) mass is 282 g/mol. The Morgan fingerprint density at radius 3 is 3.11 bits per heavy atom. The number of carboxylic acids is 1. The van der Waals surface area contributed by atoms with Gasteiger partial charge in [0.2, 0.25) is 0 Å². The summed E-state index contributed by atoms with van der Waals surface area (Å²) in [6.07, 6.45) is 4.07. The summed E-state index contributed by atoms with van der Waals surface area (Å²) in [5.41, 5.74) is 0.784. The lowest BCUT2D eigenvalue weighted by atomic mass is 10.1. The third-order valence-electron chi connectivity index (χ3n) is 3.83. The summed E-state index contributed by atoms with van der Waals surface area (Å²) in [4.78, 5) is 18.9. The van der Waals surface area contributed by atoms with Gasteiger partial charge in [-0.25, -0.2) is 4.98 Å². The number of hydrogen-bond acceptors (Lipinski definition) is 5. The Morgan fingerprint density at radius 1 is 1.58 bits per heavy atom. The second-order valence-electron chi connectivity index (χ2n) is 5.25. The van der Waals surface area contributed by atoms with Crippen molar-refractivity contribution >= 4 is 22.4 Å². The molecule has 0 radical (unpaired) electrons. The van der Waals surface area contributed by atoms with E-state index in [0.29, 0.717) is 12.5 Å². The summed E-state index contributed by atoms with van der Waals surface area (Å²) in [7, 11) is 2.01. The van der Waals surface area contributed by atoms with Crippen LogP contribution in [0.25, 0.3) is 0 Å². The van der Waals surface area contributed by atoms with Crippen molar-refractivity contribution < 1.29 is 14.6 Å². The highest BCUT2D eigenvalue weighted by Crippen LogP contribution is 2.39. The molecule has 2 unspecified atom stereocenters. The Hall–Kier alpha value is -1.14. The average molecular weight is 282 g/mol. The van der Waals surface area contributed by atoms with Gasteiger partial charge in [-0.3, -0.25) is 4.79 Å². The maximum Gasteiger partial charge on any atom is 0.312 e. The van der Waals surface area contributed by atoms with Crippen LogP contribution in [0.3, 0.4) is 0 Å². The molecule has 1 aromatic rings. The molecule has 2 atom stereocenters. The molecule has 1 fully saturated rings. The first-order valence-corrected chi connectivity index (χ1v) is 7.52. The Balaban J connectivity index is 1.72. The van der Waals surface area contributed by atoms with Gasteiger partial charge in [-0.05, 0) is 25.7 Å². The maximum absolute atomic E-state index is 11.2. The van der Waals surface area contributed by atoms with E-state index in [1.165, 1.54) is 0 Å². The van der Waals surface area contributed by atoms with E-state index in [1.54, 1.807) is 11.3 Å². The SMILES string of the molecule is CN(CC1CCCO1)c1nc2c(s1)CCC2C(=O)O.